The zero-order valence-electron chi connectivity index (χ0n) is 16.2. The second kappa shape index (κ2) is 13.3. The van der Waals surface area contributed by atoms with Crippen molar-refractivity contribution in [1.29, 1.82) is 0 Å². The highest BCUT2D eigenvalue weighted by Crippen LogP contribution is 2.09. The summed E-state index contributed by atoms with van der Waals surface area (Å²) in [5.74, 6) is 0.621. The molecular weight excluding hydrogens is 430 g/mol. The first-order valence-corrected chi connectivity index (χ1v) is 8.94. The van der Waals surface area contributed by atoms with Gasteiger partial charge in [0.05, 0.1) is 0 Å². The van der Waals surface area contributed by atoms with Gasteiger partial charge in [0.25, 0.3) is 0 Å². The Morgan fingerprint density at radius 1 is 1.28 bits per heavy atom. The average molecular weight is 464 g/mol. The second-order valence-corrected chi connectivity index (χ2v) is 6.22. The summed E-state index contributed by atoms with van der Waals surface area (Å²) in [5.41, 5.74) is 1.72. The monoisotopic (exact) mass is 464 g/mol. The third kappa shape index (κ3) is 9.39. The summed E-state index contributed by atoms with van der Waals surface area (Å²) in [6, 6.07) is 5.54. The molecule has 0 aliphatic heterocycles. The van der Waals surface area contributed by atoms with Gasteiger partial charge in [-0.25, -0.2) is 4.39 Å². The van der Waals surface area contributed by atoms with Crippen molar-refractivity contribution in [3.8, 4) is 0 Å². The molecule has 0 aliphatic rings. The van der Waals surface area contributed by atoms with Gasteiger partial charge in [-0.05, 0) is 63.5 Å². The Labute approximate surface area is 169 Å². The molecule has 1 rings (SSSR count). The maximum atomic E-state index is 13.3. The molecule has 2 N–H and O–H groups in total. The van der Waals surface area contributed by atoms with Crippen LogP contribution in [0.25, 0.3) is 0 Å². The molecular formula is C19H34FIN4. The fraction of sp³-hybridized carbons (Fsp3) is 0.632. The van der Waals surface area contributed by atoms with E-state index >= 15 is 0 Å². The lowest BCUT2D eigenvalue weighted by Gasteiger charge is -2.21. The zero-order chi connectivity index (χ0) is 17.9. The largest absolute Gasteiger partial charge is 0.354 e. The van der Waals surface area contributed by atoms with Crippen molar-refractivity contribution in [3.05, 3.63) is 35.1 Å². The van der Waals surface area contributed by atoms with Gasteiger partial charge in [0, 0.05) is 19.6 Å². The standard InChI is InChI=1S/C19H33FN4.HI/c1-6-24(7-2)12-8-9-16(4)23-19(21-5)22-14-17-10-11-18(20)15(3)13-17;/h10-11,13,16H,6-9,12,14H2,1-5H3,(H2,21,22,23);1H. The van der Waals surface area contributed by atoms with Crippen LogP contribution in [-0.2, 0) is 6.54 Å². The first-order valence-electron chi connectivity index (χ1n) is 8.94. The van der Waals surface area contributed by atoms with E-state index in [1.165, 1.54) is 12.5 Å². The normalized spacial score (nSPS) is 12.7. The van der Waals surface area contributed by atoms with Gasteiger partial charge in [0.2, 0.25) is 0 Å². The summed E-state index contributed by atoms with van der Waals surface area (Å²) >= 11 is 0. The molecule has 0 radical (unpaired) electrons. The molecule has 1 aromatic carbocycles. The number of guanidine groups is 1. The SMILES string of the molecule is CCN(CC)CCCC(C)NC(=NC)NCc1ccc(F)c(C)c1.I. The summed E-state index contributed by atoms with van der Waals surface area (Å²) in [5, 5.41) is 6.71. The first-order chi connectivity index (χ1) is 11.5. The van der Waals surface area contributed by atoms with E-state index in [0.717, 1.165) is 37.6 Å². The van der Waals surface area contributed by atoms with Crippen LogP contribution in [0.15, 0.2) is 23.2 Å². The molecule has 0 amide bonds. The Hall–Kier alpha value is -0.890. The molecule has 4 nitrogen and oxygen atoms in total. The Kier molecular flexibility index (Phi) is 12.9. The number of benzene rings is 1. The van der Waals surface area contributed by atoms with Crippen LogP contribution in [0, 0.1) is 12.7 Å². The number of aliphatic imine (C=N–C) groups is 1. The summed E-state index contributed by atoms with van der Waals surface area (Å²) < 4.78 is 13.3. The van der Waals surface area contributed by atoms with Crippen LogP contribution in [-0.4, -0.2) is 43.6 Å². The van der Waals surface area contributed by atoms with Crippen LogP contribution in [0.2, 0.25) is 0 Å². The molecule has 0 aromatic heterocycles. The van der Waals surface area contributed by atoms with Gasteiger partial charge < -0.3 is 15.5 Å². The minimum absolute atomic E-state index is 0. The number of aryl methyl sites for hydroxylation is 1. The van der Waals surface area contributed by atoms with Crippen LogP contribution in [0.1, 0.15) is 44.7 Å². The van der Waals surface area contributed by atoms with Crippen molar-refractivity contribution in [2.24, 2.45) is 4.99 Å². The first kappa shape index (κ1) is 24.1. The Morgan fingerprint density at radius 2 is 1.96 bits per heavy atom. The Morgan fingerprint density at radius 3 is 2.52 bits per heavy atom. The highest BCUT2D eigenvalue weighted by atomic mass is 127. The molecule has 0 saturated carbocycles. The van der Waals surface area contributed by atoms with E-state index in [4.69, 9.17) is 0 Å². The number of hydrogen-bond acceptors (Lipinski definition) is 2. The predicted octanol–water partition coefficient (Wildman–Crippen LogP) is 3.93. The molecule has 0 bridgehead atoms. The molecule has 144 valence electrons. The van der Waals surface area contributed by atoms with E-state index < -0.39 is 0 Å². The maximum absolute atomic E-state index is 13.3. The number of nitrogens with one attached hydrogen (secondary N) is 2. The smallest absolute Gasteiger partial charge is 0.191 e. The van der Waals surface area contributed by atoms with Gasteiger partial charge in [0.1, 0.15) is 5.82 Å². The third-order valence-corrected chi connectivity index (χ3v) is 4.29. The third-order valence-electron chi connectivity index (χ3n) is 4.29. The van der Waals surface area contributed by atoms with Crippen LogP contribution in [0.5, 0.6) is 0 Å². The zero-order valence-corrected chi connectivity index (χ0v) is 18.6. The topological polar surface area (TPSA) is 39.7 Å². The molecule has 1 atom stereocenters. The van der Waals surface area contributed by atoms with E-state index in [-0.39, 0.29) is 29.8 Å². The van der Waals surface area contributed by atoms with Crippen molar-refractivity contribution in [2.75, 3.05) is 26.7 Å². The lowest BCUT2D eigenvalue weighted by atomic mass is 10.1. The van der Waals surface area contributed by atoms with Crippen molar-refractivity contribution in [1.82, 2.24) is 15.5 Å². The van der Waals surface area contributed by atoms with Gasteiger partial charge in [0.15, 0.2) is 5.96 Å². The molecule has 0 heterocycles. The van der Waals surface area contributed by atoms with Crippen molar-refractivity contribution >= 4 is 29.9 Å². The van der Waals surface area contributed by atoms with E-state index in [1.54, 1.807) is 20.0 Å². The van der Waals surface area contributed by atoms with Crippen molar-refractivity contribution < 1.29 is 4.39 Å². The summed E-state index contributed by atoms with van der Waals surface area (Å²) in [7, 11) is 1.77. The van der Waals surface area contributed by atoms with Gasteiger partial charge in [-0.1, -0.05) is 26.0 Å². The van der Waals surface area contributed by atoms with Crippen LogP contribution < -0.4 is 10.6 Å². The molecule has 1 unspecified atom stereocenters. The molecule has 1 aromatic rings. The molecule has 6 heteroatoms. The molecule has 25 heavy (non-hydrogen) atoms. The second-order valence-electron chi connectivity index (χ2n) is 6.22. The highest BCUT2D eigenvalue weighted by molar-refractivity contribution is 14.0. The fourth-order valence-corrected chi connectivity index (χ4v) is 2.66. The predicted molar refractivity (Wildman–Crippen MR) is 116 cm³/mol. The van der Waals surface area contributed by atoms with Gasteiger partial charge in [-0.3, -0.25) is 4.99 Å². The van der Waals surface area contributed by atoms with E-state index in [1.807, 2.05) is 6.07 Å². The lowest BCUT2D eigenvalue weighted by Crippen LogP contribution is -2.42. The Balaban J connectivity index is 0.00000576. The average Bonchev–Trinajstić information content (AvgIpc) is 2.58. The summed E-state index contributed by atoms with van der Waals surface area (Å²) in [4.78, 5) is 6.71. The number of hydrogen-bond donors (Lipinski definition) is 2. The van der Waals surface area contributed by atoms with E-state index in [0.29, 0.717) is 18.2 Å². The van der Waals surface area contributed by atoms with Crippen LogP contribution >= 0.6 is 24.0 Å². The van der Waals surface area contributed by atoms with Gasteiger partial charge in [-0.2, -0.15) is 0 Å². The van der Waals surface area contributed by atoms with Gasteiger partial charge >= 0.3 is 0 Å². The number of nitrogens with zero attached hydrogens (tertiary/aromatic N) is 2. The number of rotatable bonds is 9. The fourth-order valence-electron chi connectivity index (χ4n) is 2.66. The van der Waals surface area contributed by atoms with Crippen LogP contribution in [0.3, 0.4) is 0 Å². The lowest BCUT2D eigenvalue weighted by molar-refractivity contribution is 0.292. The van der Waals surface area contributed by atoms with Crippen molar-refractivity contribution in [2.45, 2.75) is 53.1 Å². The van der Waals surface area contributed by atoms with E-state index in [2.05, 4.69) is 41.3 Å². The Bertz CT molecular complexity index is 518. The molecule has 0 saturated heterocycles. The van der Waals surface area contributed by atoms with Crippen molar-refractivity contribution in [3.63, 3.8) is 0 Å². The summed E-state index contributed by atoms with van der Waals surface area (Å²) in [6.45, 7) is 12.4. The van der Waals surface area contributed by atoms with E-state index in [9.17, 15) is 4.39 Å². The minimum atomic E-state index is -0.164. The molecule has 0 spiro atoms. The highest BCUT2D eigenvalue weighted by Gasteiger charge is 2.07. The molecule has 0 fully saturated rings. The van der Waals surface area contributed by atoms with Crippen LogP contribution in [0.4, 0.5) is 4.39 Å². The minimum Gasteiger partial charge on any atom is -0.354 e. The number of halogens is 2. The van der Waals surface area contributed by atoms with Gasteiger partial charge in [-0.15, -0.1) is 24.0 Å². The molecule has 0 aliphatic carbocycles. The maximum Gasteiger partial charge on any atom is 0.191 e. The quantitative estimate of drug-likeness (QED) is 0.331. The summed E-state index contributed by atoms with van der Waals surface area (Å²) in [6.07, 6.45) is 2.27.